The minimum atomic E-state index is 0. The normalized spacial score (nSPS) is 10.6. The van der Waals surface area contributed by atoms with Gasteiger partial charge in [-0.2, -0.15) is 0 Å². The van der Waals surface area contributed by atoms with Gasteiger partial charge in [-0.05, 0) is 51.0 Å². The number of nitrogens with zero attached hydrogens (tertiary/aromatic N) is 2. The van der Waals surface area contributed by atoms with Crippen molar-refractivity contribution in [2.24, 2.45) is 0 Å². The van der Waals surface area contributed by atoms with Crippen molar-refractivity contribution >= 4 is 11.0 Å². The van der Waals surface area contributed by atoms with Crippen molar-refractivity contribution in [2.45, 2.75) is 47.7 Å². The monoisotopic (exact) mass is 344 g/mol. The second-order valence-electron chi connectivity index (χ2n) is 4.46. The van der Waals surface area contributed by atoms with Crippen LogP contribution in [0.4, 0.5) is 0 Å². The maximum absolute atomic E-state index is 2.39. The number of rotatable bonds is 2. The summed E-state index contributed by atoms with van der Waals surface area (Å²) < 4.78 is 4.79. The van der Waals surface area contributed by atoms with Gasteiger partial charge in [0.25, 0.3) is 5.82 Å². The fraction of sp³-hybridized carbons (Fsp3) is 0.500. The summed E-state index contributed by atoms with van der Waals surface area (Å²) in [5, 5.41) is 0. The topological polar surface area (TPSA) is 8.81 Å². The lowest BCUT2D eigenvalue weighted by Crippen LogP contribution is -3.00. The second-order valence-corrected chi connectivity index (χ2v) is 4.46. The number of hydrogen-bond donors (Lipinski definition) is 0. The molecule has 0 spiro atoms. The van der Waals surface area contributed by atoms with Crippen molar-refractivity contribution in [3.63, 3.8) is 0 Å². The molecule has 0 unspecified atom stereocenters. The van der Waals surface area contributed by atoms with Gasteiger partial charge in [0.2, 0.25) is 0 Å². The van der Waals surface area contributed by atoms with E-state index in [9.17, 15) is 0 Å². The molecule has 0 aliphatic rings. The molecule has 1 aromatic heterocycles. The molecule has 2 nitrogen and oxygen atoms in total. The van der Waals surface area contributed by atoms with Crippen molar-refractivity contribution in [3.05, 3.63) is 29.1 Å². The number of aromatic nitrogens is 2. The highest BCUT2D eigenvalue weighted by Gasteiger charge is 2.19. The van der Waals surface area contributed by atoms with Crippen LogP contribution in [0.2, 0.25) is 0 Å². The van der Waals surface area contributed by atoms with E-state index in [1.165, 1.54) is 28.0 Å². The van der Waals surface area contributed by atoms with Crippen LogP contribution in [-0.4, -0.2) is 4.57 Å². The highest BCUT2D eigenvalue weighted by Crippen LogP contribution is 2.19. The van der Waals surface area contributed by atoms with E-state index in [0.717, 1.165) is 13.1 Å². The number of hydrogen-bond acceptors (Lipinski definition) is 0. The van der Waals surface area contributed by atoms with Crippen molar-refractivity contribution in [1.29, 1.82) is 0 Å². The van der Waals surface area contributed by atoms with Gasteiger partial charge in [0.15, 0.2) is 11.0 Å². The van der Waals surface area contributed by atoms with Gasteiger partial charge in [-0.3, -0.25) is 0 Å². The lowest BCUT2D eigenvalue weighted by atomic mass is 10.1. The molecule has 0 fully saturated rings. The van der Waals surface area contributed by atoms with E-state index in [0.29, 0.717) is 0 Å². The van der Waals surface area contributed by atoms with Crippen LogP contribution in [0, 0.1) is 20.8 Å². The molecule has 2 aromatic rings. The first-order valence-electron chi connectivity index (χ1n) is 6.10. The number of fused-ring (bicyclic) bond motifs is 1. The highest BCUT2D eigenvalue weighted by molar-refractivity contribution is 5.74. The zero-order chi connectivity index (χ0) is 11.9. The summed E-state index contributed by atoms with van der Waals surface area (Å²) >= 11 is 0. The molecule has 0 radical (unpaired) electrons. The summed E-state index contributed by atoms with van der Waals surface area (Å²) in [6, 6.07) is 4.63. The molecule has 0 atom stereocenters. The van der Waals surface area contributed by atoms with Crippen molar-refractivity contribution < 1.29 is 28.5 Å². The molecule has 0 saturated heterocycles. The maximum atomic E-state index is 2.39. The highest BCUT2D eigenvalue weighted by atomic mass is 127. The molecular weight excluding hydrogens is 323 g/mol. The van der Waals surface area contributed by atoms with E-state index >= 15 is 0 Å². The number of imidazole rings is 1. The molecule has 0 aliphatic carbocycles. The van der Waals surface area contributed by atoms with E-state index < -0.39 is 0 Å². The predicted octanol–water partition coefficient (Wildman–Crippen LogP) is -0.102. The molecule has 2 rings (SSSR count). The first-order chi connectivity index (χ1) is 7.60. The van der Waals surface area contributed by atoms with Crippen molar-refractivity contribution in [3.8, 4) is 0 Å². The quantitative estimate of drug-likeness (QED) is 0.532. The Bertz CT molecular complexity index is 494. The largest absolute Gasteiger partial charge is 1.00 e. The fourth-order valence-electron chi connectivity index (χ4n) is 2.51. The lowest BCUT2D eigenvalue weighted by Gasteiger charge is -1.99. The zero-order valence-electron chi connectivity index (χ0n) is 11.3. The Morgan fingerprint density at radius 2 is 1.65 bits per heavy atom. The van der Waals surface area contributed by atoms with Gasteiger partial charge in [-0.15, -0.1) is 0 Å². The summed E-state index contributed by atoms with van der Waals surface area (Å²) in [7, 11) is 0. The molecule has 0 saturated carbocycles. The number of benzene rings is 1. The Labute approximate surface area is 121 Å². The third kappa shape index (κ3) is 2.21. The van der Waals surface area contributed by atoms with E-state index in [1.54, 1.807) is 0 Å². The minimum absolute atomic E-state index is 0. The molecule has 1 aromatic carbocycles. The van der Waals surface area contributed by atoms with Crippen LogP contribution in [0.15, 0.2) is 12.1 Å². The van der Waals surface area contributed by atoms with E-state index in [4.69, 9.17) is 0 Å². The van der Waals surface area contributed by atoms with Crippen molar-refractivity contribution in [2.75, 3.05) is 0 Å². The van der Waals surface area contributed by atoms with E-state index in [-0.39, 0.29) is 24.0 Å². The number of aryl methyl sites for hydroxylation is 4. The third-order valence-corrected chi connectivity index (χ3v) is 3.59. The second kappa shape index (κ2) is 5.38. The molecule has 94 valence electrons. The Morgan fingerprint density at radius 3 is 2.18 bits per heavy atom. The van der Waals surface area contributed by atoms with Gasteiger partial charge >= 0.3 is 0 Å². The van der Waals surface area contributed by atoms with Gasteiger partial charge in [0.1, 0.15) is 0 Å². The Kier molecular flexibility index (Phi) is 4.58. The summed E-state index contributed by atoms with van der Waals surface area (Å²) in [4.78, 5) is 0. The van der Waals surface area contributed by atoms with Gasteiger partial charge < -0.3 is 24.0 Å². The lowest BCUT2D eigenvalue weighted by molar-refractivity contribution is -0.674. The average Bonchev–Trinajstić information content (AvgIpc) is 2.50. The predicted molar refractivity (Wildman–Crippen MR) is 67.7 cm³/mol. The van der Waals surface area contributed by atoms with Crippen LogP contribution in [0.25, 0.3) is 11.0 Å². The average molecular weight is 344 g/mol. The van der Waals surface area contributed by atoms with Crippen LogP contribution < -0.4 is 28.5 Å². The minimum Gasteiger partial charge on any atom is -1.00 e. The zero-order valence-corrected chi connectivity index (χ0v) is 13.5. The van der Waals surface area contributed by atoms with Gasteiger partial charge in [0.05, 0.1) is 13.1 Å². The smallest absolute Gasteiger partial charge is 0.254 e. The number of halogens is 1. The molecule has 1 heterocycles. The first-order valence-corrected chi connectivity index (χ1v) is 6.10. The Balaban J connectivity index is 0.00000144. The molecule has 0 N–H and O–H groups in total. The summed E-state index contributed by atoms with van der Waals surface area (Å²) in [5.74, 6) is 1.35. The third-order valence-electron chi connectivity index (χ3n) is 3.59. The van der Waals surface area contributed by atoms with Crippen molar-refractivity contribution in [1.82, 2.24) is 4.57 Å². The Morgan fingerprint density at radius 1 is 1.06 bits per heavy atom. The molecule has 17 heavy (non-hydrogen) atoms. The van der Waals surface area contributed by atoms with Crippen LogP contribution in [-0.2, 0) is 13.1 Å². The van der Waals surface area contributed by atoms with Gasteiger partial charge in [-0.25, -0.2) is 9.13 Å². The van der Waals surface area contributed by atoms with Gasteiger partial charge in [-0.1, -0.05) is 0 Å². The Hall–Kier alpha value is -0.580. The molecular formula is C14H21IN2. The first kappa shape index (κ1) is 14.5. The summed E-state index contributed by atoms with van der Waals surface area (Å²) in [6.45, 7) is 13.1. The maximum Gasteiger partial charge on any atom is 0.254 e. The molecule has 0 amide bonds. The van der Waals surface area contributed by atoms with Crippen LogP contribution in [0.1, 0.15) is 30.8 Å². The summed E-state index contributed by atoms with van der Waals surface area (Å²) in [6.07, 6.45) is 0. The van der Waals surface area contributed by atoms with Crippen LogP contribution in [0.5, 0.6) is 0 Å². The summed E-state index contributed by atoms with van der Waals surface area (Å²) in [5.41, 5.74) is 5.49. The van der Waals surface area contributed by atoms with Crippen LogP contribution in [0.3, 0.4) is 0 Å². The van der Waals surface area contributed by atoms with Gasteiger partial charge in [0, 0.05) is 6.92 Å². The molecule has 3 heteroatoms. The van der Waals surface area contributed by atoms with Crippen LogP contribution >= 0.6 is 0 Å². The molecule has 0 bridgehead atoms. The molecule has 0 aliphatic heterocycles. The van der Waals surface area contributed by atoms with E-state index in [1.807, 2.05) is 0 Å². The fourth-order valence-corrected chi connectivity index (χ4v) is 2.51. The SMILES string of the molecule is CCn1c(C)[n+](CC)c2cc(C)c(C)cc21.[I-]. The van der Waals surface area contributed by atoms with E-state index in [2.05, 4.69) is 55.9 Å². The standard InChI is InChI=1S/C14H21N2.HI/c1-6-15-12(5)16(7-2)14-9-11(4)10(3)8-13(14)15;/h8-9H,6-7H2,1-5H3;1H/q+1;/p-1.